The van der Waals surface area contributed by atoms with Gasteiger partial charge in [-0.3, -0.25) is 4.57 Å². The maximum Gasteiger partial charge on any atom is 0.267 e. The molecule has 10 rings (SSSR count). The maximum atomic E-state index is 6.65. The predicted molar refractivity (Wildman–Crippen MR) is 277 cm³/mol. The summed E-state index contributed by atoms with van der Waals surface area (Å²) in [7, 11) is 0. The fourth-order valence-corrected chi connectivity index (χ4v) is 9.50. The molecule has 3 heterocycles. The van der Waals surface area contributed by atoms with Crippen LogP contribution in [0.4, 0.5) is 0 Å². The Morgan fingerprint density at radius 3 is 1.65 bits per heavy atom. The van der Waals surface area contributed by atoms with Crippen LogP contribution in [-0.2, 0) is 42.7 Å². The van der Waals surface area contributed by atoms with Crippen LogP contribution >= 0.6 is 0 Å². The van der Waals surface area contributed by atoms with Crippen LogP contribution in [0.1, 0.15) is 101 Å². The van der Waals surface area contributed by atoms with Crippen molar-refractivity contribution in [3.63, 3.8) is 0 Å². The van der Waals surface area contributed by atoms with Crippen molar-refractivity contribution < 1.29 is 30.4 Å². The van der Waals surface area contributed by atoms with E-state index in [4.69, 9.17) is 9.72 Å². The Labute approximate surface area is 422 Å². The molecule has 0 saturated heterocycles. The molecular weight excluding hydrogens is 1020 g/mol. The van der Waals surface area contributed by atoms with Gasteiger partial charge in [-0.25, -0.2) is 4.98 Å². The number of hydrogen-bond donors (Lipinski definition) is 0. The predicted octanol–water partition coefficient (Wildman–Crippen LogP) is 14.7. The van der Waals surface area contributed by atoms with E-state index in [-0.39, 0.29) is 42.7 Å². The minimum Gasteiger partial charge on any atom is -0.510 e. The molecule has 0 radical (unpaired) electrons. The number of pyridine rings is 1. The fraction of sp³-hybridized carbons (Fsp3) is 0.206. The van der Waals surface area contributed by atoms with Crippen molar-refractivity contribution in [1.82, 2.24) is 14.1 Å². The molecule has 0 amide bonds. The number of fused-ring (bicyclic) bond motifs is 3. The van der Waals surface area contributed by atoms with Gasteiger partial charge in [-0.05, 0) is 85.8 Å². The van der Waals surface area contributed by atoms with E-state index < -0.39 is 0 Å². The van der Waals surface area contributed by atoms with Crippen LogP contribution < -0.4 is 9.30 Å². The fourth-order valence-electron chi connectivity index (χ4n) is 9.50. The van der Waals surface area contributed by atoms with Gasteiger partial charge in [0, 0.05) is 72.9 Å². The molecule has 0 unspecified atom stereocenters. The maximum absolute atomic E-state index is 6.65. The number of imidazole rings is 1. The van der Waals surface area contributed by atoms with Crippen LogP contribution in [0.25, 0.3) is 39.0 Å². The molecule has 10 aromatic rings. The third-order valence-electron chi connectivity index (χ3n) is 14.2. The topological polar surface area (TPSA) is 35.9 Å². The molecule has 0 atom stereocenters. The summed E-state index contributed by atoms with van der Waals surface area (Å²) in [6.45, 7) is 20.5. The van der Waals surface area contributed by atoms with Crippen LogP contribution in [-0.4, -0.2) is 14.1 Å². The first-order valence-electron chi connectivity index (χ1n) is 23.6. The van der Waals surface area contributed by atoms with Gasteiger partial charge >= 0.3 is 0 Å². The summed E-state index contributed by atoms with van der Waals surface area (Å²) in [4.78, 5) is 5.01. The van der Waals surface area contributed by atoms with E-state index in [0.29, 0.717) is 11.5 Å². The molecule has 7 aromatic carbocycles. The Balaban J connectivity index is 0.00000593. The standard InChI is InChI=1S/C63H58N4O.Pt/c1-60(2,3)47-28-30-55-56-31-29-54(42-58(56)67(57(55)39-47)59-40-48(32-33-64-59)61(4,5)44-20-13-10-14-21-44)68-53-27-19-26-51(41-53)65-34-35-66(43-65)52-37-49(62(6,7)45-22-15-11-16-23-45)36-50(38-52)63(8,9)46-24-17-12-18-25-46;/h10-40H,1-9H3;/q-2;. The minimum absolute atomic E-state index is 0. The van der Waals surface area contributed by atoms with Crippen molar-refractivity contribution in [3.8, 4) is 28.7 Å². The zero-order valence-corrected chi connectivity index (χ0v) is 43.2. The van der Waals surface area contributed by atoms with Gasteiger partial charge in [0.1, 0.15) is 5.82 Å². The van der Waals surface area contributed by atoms with Gasteiger partial charge in [0.25, 0.3) is 6.33 Å². The van der Waals surface area contributed by atoms with Gasteiger partial charge in [-0.15, -0.1) is 29.7 Å². The molecule has 3 aromatic heterocycles. The Kier molecular flexibility index (Phi) is 12.5. The van der Waals surface area contributed by atoms with E-state index in [1.807, 2.05) is 41.2 Å². The summed E-state index contributed by atoms with van der Waals surface area (Å²) in [5.41, 5.74) is 11.7. The summed E-state index contributed by atoms with van der Waals surface area (Å²) >= 11 is 0. The second-order valence-corrected chi connectivity index (χ2v) is 20.7. The third kappa shape index (κ3) is 9.02. The Morgan fingerprint density at radius 1 is 0.493 bits per heavy atom. The number of aromatic nitrogens is 4. The van der Waals surface area contributed by atoms with E-state index in [0.717, 1.165) is 39.0 Å². The van der Waals surface area contributed by atoms with Crippen molar-refractivity contribution in [2.24, 2.45) is 0 Å². The zero-order valence-electron chi connectivity index (χ0n) is 40.9. The molecular formula is C63H58N4OPt-2. The summed E-state index contributed by atoms with van der Waals surface area (Å²) in [6, 6.07) is 67.6. The van der Waals surface area contributed by atoms with Gasteiger partial charge in [0.2, 0.25) is 0 Å². The van der Waals surface area contributed by atoms with E-state index >= 15 is 0 Å². The largest absolute Gasteiger partial charge is 0.510 e. The summed E-state index contributed by atoms with van der Waals surface area (Å²) in [6.07, 6.45) is 9.62. The number of hydrogen-bond acceptors (Lipinski definition) is 2. The second-order valence-electron chi connectivity index (χ2n) is 20.7. The smallest absolute Gasteiger partial charge is 0.267 e. The summed E-state index contributed by atoms with van der Waals surface area (Å²) in [5, 5.41) is 2.22. The molecule has 0 aliphatic heterocycles. The average molecular weight is 1080 g/mol. The number of ether oxygens (including phenoxy) is 1. The molecule has 0 aliphatic carbocycles. The van der Waals surface area contributed by atoms with Crippen LogP contribution in [0.2, 0.25) is 0 Å². The number of nitrogens with zero attached hydrogens (tertiary/aromatic N) is 4. The van der Waals surface area contributed by atoms with Crippen molar-refractivity contribution in [3.05, 3.63) is 246 Å². The summed E-state index contributed by atoms with van der Waals surface area (Å²) in [5.74, 6) is 2.00. The van der Waals surface area contributed by atoms with Gasteiger partial charge in [-0.1, -0.05) is 177 Å². The van der Waals surface area contributed by atoms with Crippen molar-refractivity contribution in [1.29, 1.82) is 0 Å². The Bertz CT molecular complexity index is 3360. The van der Waals surface area contributed by atoms with Gasteiger partial charge in [0.05, 0.1) is 5.69 Å². The first-order valence-corrected chi connectivity index (χ1v) is 23.6. The van der Waals surface area contributed by atoms with Gasteiger partial charge < -0.3 is 13.9 Å². The molecule has 0 saturated carbocycles. The van der Waals surface area contributed by atoms with Crippen molar-refractivity contribution in [2.45, 2.75) is 84.0 Å². The number of rotatable bonds is 11. The normalized spacial score (nSPS) is 12.3. The first kappa shape index (κ1) is 47.3. The molecule has 69 heavy (non-hydrogen) atoms. The molecule has 6 heteroatoms. The zero-order chi connectivity index (χ0) is 47.4. The minimum atomic E-state index is -0.245. The van der Waals surface area contributed by atoms with Crippen LogP contribution in [0.5, 0.6) is 11.5 Å². The molecule has 0 spiro atoms. The third-order valence-corrected chi connectivity index (χ3v) is 14.2. The van der Waals surface area contributed by atoms with E-state index in [1.54, 1.807) is 0 Å². The molecule has 0 N–H and O–H groups in total. The molecule has 0 fully saturated rings. The molecule has 5 nitrogen and oxygen atoms in total. The van der Waals surface area contributed by atoms with E-state index in [9.17, 15) is 0 Å². The molecule has 0 aliphatic rings. The van der Waals surface area contributed by atoms with Crippen LogP contribution in [0, 0.1) is 18.5 Å². The van der Waals surface area contributed by atoms with Gasteiger partial charge in [0.15, 0.2) is 0 Å². The summed E-state index contributed by atoms with van der Waals surface area (Å²) < 4.78 is 12.9. The molecule has 348 valence electrons. The second kappa shape index (κ2) is 18.3. The van der Waals surface area contributed by atoms with E-state index in [1.165, 1.54) is 38.9 Å². The Hall–Kier alpha value is -6.81. The monoisotopic (exact) mass is 1080 g/mol. The van der Waals surface area contributed by atoms with Crippen molar-refractivity contribution in [2.75, 3.05) is 0 Å². The first-order chi connectivity index (χ1) is 32.6. The van der Waals surface area contributed by atoms with Crippen LogP contribution in [0.3, 0.4) is 0 Å². The van der Waals surface area contributed by atoms with E-state index in [2.05, 4.69) is 242 Å². The van der Waals surface area contributed by atoms with Gasteiger partial charge in [-0.2, -0.15) is 18.2 Å². The van der Waals surface area contributed by atoms with Crippen molar-refractivity contribution >= 4 is 21.8 Å². The SMILES string of the molecule is CC(C)(C)c1ccc2c3ccc(Oc4[c-]c(-n5[c-][n+](-c6cc(C(C)(C)c7ccccc7)cc(C(C)(C)c7ccccc7)c6)cc5)ccc4)[c-]c3n(-c3cc(C(C)(C)c4ccccc4)ccn3)c2c1.[Pt]. The van der Waals surface area contributed by atoms with Crippen LogP contribution in [0.15, 0.2) is 188 Å². The number of benzene rings is 7. The molecule has 0 bridgehead atoms. The Morgan fingerprint density at radius 2 is 1.06 bits per heavy atom. The average Bonchev–Trinajstić information content (AvgIpc) is 3.98. The quantitative estimate of drug-likeness (QED) is 0.0956.